The number of hydrogen-bond donors (Lipinski definition) is 1. The van der Waals surface area contributed by atoms with E-state index in [-0.39, 0.29) is 24.8 Å². The van der Waals surface area contributed by atoms with E-state index >= 15 is 0 Å². The van der Waals surface area contributed by atoms with Gasteiger partial charge in [-0.1, -0.05) is 12.1 Å². The number of carbonyl (C=O) groups is 3. The summed E-state index contributed by atoms with van der Waals surface area (Å²) in [4.78, 5) is 39.7. The van der Waals surface area contributed by atoms with Gasteiger partial charge in [0.15, 0.2) is 0 Å². The number of likely N-dealkylation sites (tertiary alicyclic amines) is 1. The minimum Gasteiger partial charge on any atom is -0.497 e. The Hall–Kier alpha value is -2.57. The van der Waals surface area contributed by atoms with Crippen molar-refractivity contribution in [2.24, 2.45) is 0 Å². The Morgan fingerprint density at radius 3 is 2.52 bits per heavy atom. The zero-order valence-corrected chi connectivity index (χ0v) is 14.4. The molecule has 7 nitrogen and oxygen atoms in total. The molecule has 134 valence electrons. The summed E-state index contributed by atoms with van der Waals surface area (Å²) in [5.74, 6) is 0.516. The summed E-state index contributed by atoms with van der Waals surface area (Å²) >= 11 is 0. The third-order valence-electron chi connectivity index (χ3n) is 4.71. The lowest BCUT2D eigenvalue weighted by Gasteiger charge is -2.16. The van der Waals surface area contributed by atoms with Crippen molar-refractivity contribution in [3.8, 4) is 5.75 Å². The van der Waals surface area contributed by atoms with E-state index in [0.717, 1.165) is 37.2 Å². The number of nitrogens with zero attached hydrogens (tertiary/aromatic N) is 2. The fourth-order valence-corrected chi connectivity index (χ4v) is 3.23. The molecule has 2 aliphatic rings. The van der Waals surface area contributed by atoms with Gasteiger partial charge in [0.05, 0.1) is 13.7 Å². The summed E-state index contributed by atoms with van der Waals surface area (Å²) in [5, 5.41) is 2.68. The largest absolute Gasteiger partial charge is 0.497 e. The van der Waals surface area contributed by atoms with Gasteiger partial charge in [0.1, 0.15) is 11.8 Å². The number of methoxy groups -OCH3 is 1. The van der Waals surface area contributed by atoms with Crippen LogP contribution in [0.15, 0.2) is 24.3 Å². The molecule has 3 rings (SSSR count). The van der Waals surface area contributed by atoms with Crippen LogP contribution in [0.3, 0.4) is 0 Å². The molecular weight excluding hydrogens is 322 g/mol. The molecule has 2 fully saturated rings. The van der Waals surface area contributed by atoms with Crippen LogP contribution in [0, 0.1) is 0 Å². The smallest absolute Gasteiger partial charge is 0.325 e. The SMILES string of the molecule is COc1ccc(CN2C(=O)NC(CCC(=O)N3CCCC3)C2=O)cc1. The second kappa shape index (κ2) is 7.55. The van der Waals surface area contributed by atoms with E-state index in [0.29, 0.717) is 6.42 Å². The Labute approximate surface area is 146 Å². The molecule has 25 heavy (non-hydrogen) atoms. The van der Waals surface area contributed by atoms with Crippen molar-refractivity contribution in [3.63, 3.8) is 0 Å². The first-order valence-corrected chi connectivity index (χ1v) is 8.61. The van der Waals surface area contributed by atoms with Crippen molar-refractivity contribution in [1.82, 2.24) is 15.1 Å². The average molecular weight is 345 g/mol. The fourth-order valence-electron chi connectivity index (χ4n) is 3.23. The molecule has 1 unspecified atom stereocenters. The minimum absolute atomic E-state index is 0.0631. The van der Waals surface area contributed by atoms with Crippen LogP contribution in [0.4, 0.5) is 4.79 Å². The van der Waals surface area contributed by atoms with E-state index in [2.05, 4.69) is 5.32 Å². The van der Waals surface area contributed by atoms with Gasteiger partial charge in [-0.05, 0) is 37.0 Å². The third-order valence-corrected chi connectivity index (χ3v) is 4.71. The van der Waals surface area contributed by atoms with Gasteiger partial charge < -0.3 is 15.0 Å². The van der Waals surface area contributed by atoms with Crippen LogP contribution in [-0.2, 0) is 16.1 Å². The zero-order chi connectivity index (χ0) is 17.8. The second-order valence-electron chi connectivity index (χ2n) is 6.40. The Morgan fingerprint density at radius 1 is 1.20 bits per heavy atom. The summed E-state index contributed by atoms with van der Waals surface area (Å²) in [6, 6.07) is 6.21. The van der Waals surface area contributed by atoms with Gasteiger partial charge in [0, 0.05) is 19.5 Å². The van der Waals surface area contributed by atoms with Gasteiger partial charge >= 0.3 is 6.03 Å². The number of rotatable bonds is 6. The van der Waals surface area contributed by atoms with Crippen molar-refractivity contribution in [1.29, 1.82) is 0 Å². The molecule has 0 saturated carbocycles. The summed E-state index contributed by atoms with van der Waals surface area (Å²) in [7, 11) is 1.58. The number of nitrogens with one attached hydrogen (secondary N) is 1. The molecule has 4 amide bonds. The van der Waals surface area contributed by atoms with Gasteiger partial charge in [-0.25, -0.2) is 4.79 Å². The number of urea groups is 1. The topological polar surface area (TPSA) is 79.0 Å². The highest BCUT2D eigenvalue weighted by molar-refractivity contribution is 6.04. The van der Waals surface area contributed by atoms with E-state index < -0.39 is 12.1 Å². The van der Waals surface area contributed by atoms with E-state index in [1.54, 1.807) is 19.2 Å². The van der Waals surface area contributed by atoms with Crippen LogP contribution in [0.5, 0.6) is 5.75 Å². The molecule has 0 spiro atoms. The maximum absolute atomic E-state index is 12.5. The zero-order valence-electron chi connectivity index (χ0n) is 14.4. The van der Waals surface area contributed by atoms with Gasteiger partial charge in [0.25, 0.3) is 5.91 Å². The van der Waals surface area contributed by atoms with E-state index in [1.165, 1.54) is 4.90 Å². The van der Waals surface area contributed by atoms with Crippen LogP contribution in [0.1, 0.15) is 31.2 Å². The summed E-state index contributed by atoms with van der Waals surface area (Å²) in [6.07, 6.45) is 2.72. The van der Waals surface area contributed by atoms with Crippen molar-refractivity contribution in [3.05, 3.63) is 29.8 Å². The van der Waals surface area contributed by atoms with Crippen LogP contribution >= 0.6 is 0 Å². The Morgan fingerprint density at radius 2 is 1.88 bits per heavy atom. The monoisotopic (exact) mass is 345 g/mol. The number of carbonyl (C=O) groups excluding carboxylic acids is 3. The molecule has 1 aromatic rings. The predicted octanol–water partition coefficient (Wildman–Crippen LogP) is 1.52. The molecule has 1 atom stereocenters. The summed E-state index contributed by atoms with van der Waals surface area (Å²) in [6.45, 7) is 1.81. The van der Waals surface area contributed by atoms with Crippen molar-refractivity contribution in [2.75, 3.05) is 20.2 Å². The van der Waals surface area contributed by atoms with Crippen LogP contribution in [0.2, 0.25) is 0 Å². The fraction of sp³-hybridized carbons (Fsp3) is 0.500. The van der Waals surface area contributed by atoms with Crippen molar-refractivity contribution in [2.45, 2.75) is 38.3 Å². The lowest BCUT2D eigenvalue weighted by molar-refractivity contribution is -0.131. The van der Waals surface area contributed by atoms with Crippen LogP contribution < -0.4 is 10.1 Å². The van der Waals surface area contributed by atoms with Crippen molar-refractivity contribution < 1.29 is 19.1 Å². The number of imide groups is 1. The Bertz CT molecular complexity index is 653. The standard InChI is InChI=1S/C18H23N3O4/c1-25-14-6-4-13(5-7-14)12-21-17(23)15(19-18(21)24)8-9-16(22)20-10-2-3-11-20/h4-7,15H,2-3,8-12H2,1H3,(H,19,24). The molecule has 0 bridgehead atoms. The summed E-state index contributed by atoms with van der Waals surface area (Å²) < 4.78 is 5.10. The molecule has 2 aliphatic heterocycles. The quantitative estimate of drug-likeness (QED) is 0.793. The molecule has 0 aliphatic carbocycles. The Balaban J connectivity index is 1.54. The first-order valence-electron chi connectivity index (χ1n) is 8.61. The van der Waals surface area contributed by atoms with Gasteiger partial charge in [0.2, 0.25) is 5.91 Å². The lowest BCUT2D eigenvalue weighted by Crippen LogP contribution is -2.33. The van der Waals surface area contributed by atoms with Gasteiger partial charge in [-0.3, -0.25) is 14.5 Å². The normalized spacial score (nSPS) is 20.1. The van der Waals surface area contributed by atoms with Gasteiger partial charge in [-0.2, -0.15) is 0 Å². The van der Waals surface area contributed by atoms with E-state index in [4.69, 9.17) is 4.74 Å². The first kappa shape index (κ1) is 17.3. The molecule has 0 aromatic heterocycles. The molecule has 0 radical (unpaired) electrons. The number of ether oxygens (including phenoxy) is 1. The minimum atomic E-state index is -0.614. The lowest BCUT2D eigenvalue weighted by atomic mass is 10.1. The van der Waals surface area contributed by atoms with E-state index in [1.807, 2.05) is 17.0 Å². The molecule has 1 aromatic carbocycles. The maximum atomic E-state index is 12.5. The van der Waals surface area contributed by atoms with Gasteiger partial charge in [-0.15, -0.1) is 0 Å². The average Bonchev–Trinajstić information content (AvgIpc) is 3.25. The molecule has 2 saturated heterocycles. The number of amides is 4. The second-order valence-corrected chi connectivity index (χ2v) is 6.40. The first-order chi connectivity index (χ1) is 12.1. The number of benzene rings is 1. The number of hydrogen-bond acceptors (Lipinski definition) is 4. The third kappa shape index (κ3) is 3.92. The molecule has 2 heterocycles. The van der Waals surface area contributed by atoms with Crippen molar-refractivity contribution >= 4 is 17.8 Å². The molecule has 1 N–H and O–H groups in total. The van der Waals surface area contributed by atoms with Crippen LogP contribution in [0.25, 0.3) is 0 Å². The molecule has 7 heteroatoms. The highest BCUT2D eigenvalue weighted by Crippen LogP contribution is 2.18. The van der Waals surface area contributed by atoms with Crippen LogP contribution in [-0.4, -0.2) is 53.9 Å². The molecular formula is C18H23N3O4. The summed E-state index contributed by atoms with van der Waals surface area (Å²) in [5.41, 5.74) is 0.845. The van der Waals surface area contributed by atoms with E-state index in [9.17, 15) is 14.4 Å². The predicted molar refractivity (Wildman–Crippen MR) is 90.9 cm³/mol. The highest BCUT2D eigenvalue weighted by atomic mass is 16.5. The Kier molecular flexibility index (Phi) is 5.21. The highest BCUT2D eigenvalue weighted by Gasteiger charge is 2.38. The maximum Gasteiger partial charge on any atom is 0.325 e.